The molecule has 114 valence electrons. The number of ketones is 1. The minimum absolute atomic E-state index is 0.0690. The third-order valence-electron chi connectivity index (χ3n) is 6.21. The summed E-state index contributed by atoms with van der Waals surface area (Å²) in [4.78, 5) is 13.1. The van der Waals surface area contributed by atoms with Crippen LogP contribution in [0.3, 0.4) is 0 Å². The third kappa shape index (κ3) is 2.06. The van der Waals surface area contributed by atoms with Crippen molar-refractivity contribution in [2.24, 2.45) is 29.2 Å². The van der Waals surface area contributed by atoms with Crippen molar-refractivity contribution in [3.8, 4) is 0 Å². The molecule has 5 rings (SSSR count). The predicted octanol–water partition coefficient (Wildman–Crippen LogP) is 2.92. The molecule has 4 bridgehead atoms. The fraction of sp³-hybridized carbons (Fsp3) is 0.824. The van der Waals surface area contributed by atoms with Gasteiger partial charge in [0.1, 0.15) is 5.78 Å². The van der Waals surface area contributed by atoms with Crippen LogP contribution in [0.25, 0.3) is 0 Å². The van der Waals surface area contributed by atoms with Gasteiger partial charge < -0.3 is 0 Å². The second kappa shape index (κ2) is 3.96. The first-order chi connectivity index (χ1) is 9.80. The van der Waals surface area contributed by atoms with Gasteiger partial charge in [-0.15, -0.1) is 5.10 Å². The van der Waals surface area contributed by atoms with E-state index in [0.717, 1.165) is 30.9 Å². The summed E-state index contributed by atoms with van der Waals surface area (Å²) in [6.07, 6.45) is 9.66. The lowest BCUT2D eigenvalue weighted by atomic mass is 9.39. The molecular weight excluding hydrogens is 262 g/mol. The maximum atomic E-state index is 13.1. The van der Waals surface area contributed by atoms with E-state index in [9.17, 15) is 4.79 Å². The van der Waals surface area contributed by atoms with E-state index in [1.54, 1.807) is 4.68 Å². The molecule has 1 aromatic heterocycles. The Morgan fingerprint density at radius 2 is 1.90 bits per heavy atom. The zero-order valence-electron chi connectivity index (χ0n) is 13.4. The van der Waals surface area contributed by atoms with Crippen LogP contribution < -0.4 is 0 Å². The number of hydrogen-bond acceptors (Lipinski definition) is 3. The maximum absolute atomic E-state index is 13.1. The van der Waals surface area contributed by atoms with E-state index in [0.29, 0.717) is 23.0 Å². The van der Waals surface area contributed by atoms with Crippen LogP contribution >= 0.6 is 0 Å². The SMILES string of the molecule is Cn1cc(CC(=O)C23CC4CC(C)(CC(C)(C4)C2)C3)nn1. The Balaban J connectivity index is 1.63. The largest absolute Gasteiger partial charge is 0.299 e. The van der Waals surface area contributed by atoms with Crippen LogP contribution in [0.2, 0.25) is 0 Å². The molecule has 4 nitrogen and oxygen atoms in total. The molecule has 0 spiro atoms. The summed E-state index contributed by atoms with van der Waals surface area (Å²) in [5, 5.41) is 8.07. The number of rotatable bonds is 3. The molecule has 4 heteroatoms. The summed E-state index contributed by atoms with van der Waals surface area (Å²) in [5.41, 5.74) is 1.55. The molecule has 0 aliphatic heterocycles. The molecule has 1 aromatic rings. The molecule has 4 aliphatic rings. The number of carbonyl (C=O) groups is 1. The Hall–Kier alpha value is -1.19. The number of aryl methyl sites for hydroxylation is 1. The van der Waals surface area contributed by atoms with Gasteiger partial charge in [-0.25, -0.2) is 0 Å². The van der Waals surface area contributed by atoms with Crippen LogP contribution in [0.15, 0.2) is 6.20 Å². The topological polar surface area (TPSA) is 47.8 Å². The standard InChI is InChI=1S/C17H25N3O/c1-15-5-12-6-16(2,9-15)11-17(7-12,10-15)14(21)4-13-8-20(3)19-18-13/h8,12H,4-7,9-11H2,1-3H3. The molecule has 1 heterocycles. The Labute approximate surface area is 126 Å². The van der Waals surface area contributed by atoms with Gasteiger partial charge in [-0.1, -0.05) is 19.1 Å². The van der Waals surface area contributed by atoms with Crippen LogP contribution in [0.1, 0.15) is 58.1 Å². The van der Waals surface area contributed by atoms with E-state index in [1.807, 2.05) is 13.2 Å². The van der Waals surface area contributed by atoms with Crippen LogP contribution in [-0.2, 0) is 18.3 Å². The normalized spacial score (nSPS) is 44.2. The highest BCUT2D eigenvalue weighted by atomic mass is 16.1. The Morgan fingerprint density at radius 3 is 2.43 bits per heavy atom. The lowest BCUT2D eigenvalue weighted by Gasteiger charge is -2.64. The third-order valence-corrected chi connectivity index (χ3v) is 6.21. The van der Waals surface area contributed by atoms with E-state index in [4.69, 9.17) is 0 Å². The maximum Gasteiger partial charge on any atom is 0.145 e. The number of nitrogens with zero attached hydrogens (tertiary/aromatic N) is 3. The predicted molar refractivity (Wildman–Crippen MR) is 79.6 cm³/mol. The summed E-state index contributed by atoms with van der Waals surface area (Å²) >= 11 is 0. The summed E-state index contributed by atoms with van der Waals surface area (Å²) in [6, 6.07) is 0. The van der Waals surface area contributed by atoms with Crippen molar-refractivity contribution in [1.82, 2.24) is 15.0 Å². The highest BCUT2D eigenvalue weighted by molar-refractivity contribution is 5.87. The summed E-state index contributed by atoms with van der Waals surface area (Å²) < 4.78 is 1.69. The Kier molecular flexibility index (Phi) is 2.54. The van der Waals surface area contributed by atoms with Gasteiger partial charge in [-0.3, -0.25) is 9.48 Å². The molecule has 0 aromatic carbocycles. The van der Waals surface area contributed by atoms with Crippen molar-refractivity contribution >= 4 is 5.78 Å². The molecule has 0 amide bonds. The van der Waals surface area contributed by atoms with Crippen molar-refractivity contribution in [3.05, 3.63) is 11.9 Å². The molecule has 4 fully saturated rings. The van der Waals surface area contributed by atoms with E-state index >= 15 is 0 Å². The first-order valence-electron chi connectivity index (χ1n) is 8.19. The highest BCUT2D eigenvalue weighted by Crippen LogP contribution is 2.69. The quantitative estimate of drug-likeness (QED) is 0.858. The molecule has 0 saturated heterocycles. The Bertz CT molecular complexity index is 587. The average molecular weight is 287 g/mol. The number of carbonyl (C=O) groups excluding carboxylic acids is 1. The summed E-state index contributed by atoms with van der Waals surface area (Å²) in [7, 11) is 1.85. The van der Waals surface area contributed by atoms with Crippen LogP contribution in [0, 0.1) is 22.2 Å². The van der Waals surface area contributed by atoms with Gasteiger partial charge in [-0.2, -0.15) is 0 Å². The van der Waals surface area contributed by atoms with Gasteiger partial charge in [0, 0.05) is 18.7 Å². The van der Waals surface area contributed by atoms with Crippen molar-refractivity contribution in [2.45, 2.75) is 58.8 Å². The monoisotopic (exact) mass is 287 g/mol. The van der Waals surface area contributed by atoms with Crippen molar-refractivity contribution in [2.75, 3.05) is 0 Å². The lowest BCUT2D eigenvalue weighted by molar-refractivity contribution is -0.167. The average Bonchev–Trinajstić information content (AvgIpc) is 2.69. The second-order valence-corrected chi connectivity index (χ2v) is 8.89. The molecule has 2 atom stereocenters. The van der Waals surface area contributed by atoms with Gasteiger partial charge in [0.25, 0.3) is 0 Å². The van der Waals surface area contributed by atoms with Gasteiger partial charge in [0.2, 0.25) is 0 Å². The first kappa shape index (κ1) is 13.5. The van der Waals surface area contributed by atoms with E-state index in [1.165, 1.54) is 19.3 Å². The summed E-state index contributed by atoms with van der Waals surface area (Å²) in [5.74, 6) is 1.19. The fourth-order valence-corrected chi connectivity index (χ4v) is 6.59. The highest BCUT2D eigenvalue weighted by Gasteiger charge is 2.62. The van der Waals surface area contributed by atoms with Crippen LogP contribution in [0.5, 0.6) is 0 Å². The van der Waals surface area contributed by atoms with Gasteiger partial charge in [0.15, 0.2) is 0 Å². The fourth-order valence-electron chi connectivity index (χ4n) is 6.59. The Morgan fingerprint density at radius 1 is 1.24 bits per heavy atom. The molecular formula is C17H25N3O. The van der Waals surface area contributed by atoms with E-state index < -0.39 is 0 Å². The van der Waals surface area contributed by atoms with Gasteiger partial charge >= 0.3 is 0 Å². The zero-order valence-corrected chi connectivity index (χ0v) is 13.4. The van der Waals surface area contributed by atoms with Crippen molar-refractivity contribution < 1.29 is 4.79 Å². The number of hydrogen-bond donors (Lipinski definition) is 0. The van der Waals surface area contributed by atoms with Crippen LogP contribution in [-0.4, -0.2) is 20.8 Å². The van der Waals surface area contributed by atoms with E-state index in [2.05, 4.69) is 24.2 Å². The lowest BCUT2D eigenvalue weighted by Crippen LogP contribution is -2.57. The van der Waals surface area contributed by atoms with Gasteiger partial charge in [-0.05, 0) is 55.3 Å². The van der Waals surface area contributed by atoms with Crippen LogP contribution in [0.4, 0.5) is 0 Å². The first-order valence-corrected chi connectivity index (χ1v) is 8.19. The minimum atomic E-state index is -0.0690. The number of Topliss-reactive ketones (excluding diaryl/α,β-unsaturated/α-hetero) is 1. The summed E-state index contributed by atoms with van der Waals surface area (Å²) in [6.45, 7) is 4.83. The second-order valence-electron chi connectivity index (χ2n) is 8.89. The molecule has 4 saturated carbocycles. The van der Waals surface area contributed by atoms with Gasteiger partial charge in [0.05, 0.1) is 12.1 Å². The molecule has 0 N–H and O–H groups in total. The molecule has 2 unspecified atom stereocenters. The number of aromatic nitrogens is 3. The molecule has 21 heavy (non-hydrogen) atoms. The van der Waals surface area contributed by atoms with Crippen molar-refractivity contribution in [3.63, 3.8) is 0 Å². The molecule has 0 radical (unpaired) electrons. The van der Waals surface area contributed by atoms with E-state index in [-0.39, 0.29) is 5.41 Å². The zero-order chi connectivity index (χ0) is 14.9. The minimum Gasteiger partial charge on any atom is -0.299 e. The van der Waals surface area contributed by atoms with Crippen molar-refractivity contribution in [1.29, 1.82) is 0 Å². The molecule has 4 aliphatic carbocycles. The smallest absolute Gasteiger partial charge is 0.145 e.